The Morgan fingerprint density at radius 1 is 1.27 bits per heavy atom. The van der Waals surface area contributed by atoms with Gasteiger partial charge in [-0.3, -0.25) is 4.99 Å². The third-order valence-corrected chi connectivity index (χ3v) is 5.55. The van der Waals surface area contributed by atoms with Crippen molar-refractivity contribution in [2.24, 2.45) is 4.99 Å². The highest BCUT2D eigenvalue weighted by Gasteiger charge is 2.09. The molecule has 0 aliphatic heterocycles. The van der Waals surface area contributed by atoms with Crippen LogP contribution in [-0.4, -0.2) is 37.5 Å². The van der Waals surface area contributed by atoms with Gasteiger partial charge in [0.05, 0.1) is 6.54 Å². The molecule has 120 valence electrons. The van der Waals surface area contributed by atoms with Gasteiger partial charge in [0, 0.05) is 35.8 Å². The first kappa shape index (κ1) is 17.0. The Hall–Kier alpha value is -1.33. The van der Waals surface area contributed by atoms with Gasteiger partial charge in [0.1, 0.15) is 0 Å². The van der Waals surface area contributed by atoms with Gasteiger partial charge in [-0.2, -0.15) is 0 Å². The van der Waals surface area contributed by atoms with Crippen molar-refractivity contribution in [3.63, 3.8) is 0 Å². The third kappa shape index (κ3) is 5.14. The zero-order chi connectivity index (χ0) is 15.8. The summed E-state index contributed by atoms with van der Waals surface area (Å²) in [5.41, 5.74) is 0. The molecule has 0 aliphatic carbocycles. The SMILES string of the molecule is CCNC(=NCC(C)c1cccs1)N(C)CCc1cccs1. The fourth-order valence-corrected chi connectivity index (χ4v) is 3.67. The number of likely N-dealkylation sites (N-methyl/N-ethyl adjacent to an activating group) is 1. The molecule has 1 unspecified atom stereocenters. The van der Waals surface area contributed by atoms with Gasteiger partial charge in [-0.25, -0.2) is 0 Å². The minimum absolute atomic E-state index is 0.472. The smallest absolute Gasteiger partial charge is 0.193 e. The second-order valence-electron chi connectivity index (χ2n) is 5.36. The van der Waals surface area contributed by atoms with Gasteiger partial charge >= 0.3 is 0 Å². The van der Waals surface area contributed by atoms with Crippen LogP contribution in [0.25, 0.3) is 0 Å². The third-order valence-electron chi connectivity index (χ3n) is 3.51. The molecule has 2 aromatic rings. The van der Waals surface area contributed by atoms with E-state index in [1.807, 2.05) is 22.7 Å². The standard InChI is InChI=1S/C17H25N3S2/c1-4-18-17(19-13-14(2)16-8-6-12-22-16)20(3)10-9-15-7-5-11-21-15/h5-8,11-12,14H,4,9-10,13H2,1-3H3,(H,18,19). The van der Waals surface area contributed by atoms with Crippen molar-refractivity contribution in [1.82, 2.24) is 10.2 Å². The molecule has 22 heavy (non-hydrogen) atoms. The monoisotopic (exact) mass is 335 g/mol. The number of aliphatic imine (C=N–C) groups is 1. The average molecular weight is 336 g/mol. The Bertz CT molecular complexity index is 546. The van der Waals surface area contributed by atoms with Crippen LogP contribution in [0.15, 0.2) is 40.0 Å². The summed E-state index contributed by atoms with van der Waals surface area (Å²) in [4.78, 5) is 9.87. The van der Waals surface area contributed by atoms with Crippen LogP contribution in [0.1, 0.15) is 29.5 Å². The highest BCUT2D eigenvalue weighted by molar-refractivity contribution is 7.10. The molecule has 2 aromatic heterocycles. The van der Waals surface area contributed by atoms with E-state index in [9.17, 15) is 0 Å². The van der Waals surface area contributed by atoms with Gasteiger partial charge in [-0.1, -0.05) is 19.1 Å². The van der Waals surface area contributed by atoms with Crippen LogP contribution < -0.4 is 5.32 Å². The quantitative estimate of drug-likeness (QED) is 0.610. The normalized spacial score (nSPS) is 13.1. The summed E-state index contributed by atoms with van der Waals surface area (Å²) in [6, 6.07) is 8.61. The molecule has 0 aromatic carbocycles. The van der Waals surface area contributed by atoms with Gasteiger partial charge in [-0.05, 0) is 36.2 Å². The molecular weight excluding hydrogens is 310 g/mol. The number of guanidine groups is 1. The van der Waals surface area contributed by atoms with Crippen LogP contribution in [-0.2, 0) is 6.42 Å². The lowest BCUT2D eigenvalue weighted by Crippen LogP contribution is -2.40. The maximum Gasteiger partial charge on any atom is 0.193 e. The Morgan fingerprint density at radius 2 is 2.05 bits per heavy atom. The summed E-state index contributed by atoms with van der Waals surface area (Å²) in [6.45, 7) is 7.07. The minimum atomic E-state index is 0.472. The fourth-order valence-electron chi connectivity index (χ4n) is 2.19. The summed E-state index contributed by atoms with van der Waals surface area (Å²) in [5, 5.41) is 7.66. The molecule has 0 saturated carbocycles. The van der Waals surface area contributed by atoms with Crippen molar-refractivity contribution in [1.29, 1.82) is 0 Å². The Labute approximate surface area is 141 Å². The Balaban J connectivity index is 1.90. The summed E-state index contributed by atoms with van der Waals surface area (Å²) in [5.74, 6) is 1.47. The molecule has 1 N–H and O–H groups in total. The van der Waals surface area contributed by atoms with Gasteiger partial charge in [0.25, 0.3) is 0 Å². The summed E-state index contributed by atoms with van der Waals surface area (Å²) in [7, 11) is 2.12. The van der Waals surface area contributed by atoms with Crippen LogP contribution in [0, 0.1) is 0 Å². The molecule has 0 amide bonds. The van der Waals surface area contributed by atoms with Gasteiger partial charge in [0.2, 0.25) is 0 Å². The van der Waals surface area contributed by atoms with Gasteiger partial charge in [-0.15, -0.1) is 22.7 Å². The van der Waals surface area contributed by atoms with Gasteiger partial charge in [0.15, 0.2) is 5.96 Å². The van der Waals surface area contributed by atoms with Crippen molar-refractivity contribution < 1.29 is 0 Å². The molecule has 0 radical (unpaired) electrons. The maximum atomic E-state index is 4.81. The van der Waals surface area contributed by atoms with E-state index < -0.39 is 0 Å². The second-order valence-corrected chi connectivity index (χ2v) is 7.37. The van der Waals surface area contributed by atoms with Crippen molar-refractivity contribution >= 4 is 28.6 Å². The molecule has 3 nitrogen and oxygen atoms in total. The number of hydrogen-bond donors (Lipinski definition) is 1. The molecule has 0 bridgehead atoms. The van der Waals surface area contributed by atoms with Crippen LogP contribution in [0.4, 0.5) is 0 Å². The number of rotatable bonds is 7. The predicted molar refractivity (Wildman–Crippen MR) is 99.4 cm³/mol. The van der Waals surface area contributed by atoms with E-state index in [2.05, 4.69) is 66.1 Å². The zero-order valence-corrected chi connectivity index (χ0v) is 15.2. The van der Waals surface area contributed by atoms with Crippen molar-refractivity contribution in [2.75, 3.05) is 26.7 Å². The van der Waals surface area contributed by atoms with Crippen molar-refractivity contribution in [3.8, 4) is 0 Å². The first-order chi connectivity index (χ1) is 10.7. The highest BCUT2D eigenvalue weighted by Crippen LogP contribution is 2.20. The van der Waals surface area contributed by atoms with E-state index in [0.29, 0.717) is 5.92 Å². The van der Waals surface area contributed by atoms with Crippen LogP contribution >= 0.6 is 22.7 Å². The van der Waals surface area contributed by atoms with Gasteiger partial charge < -0.3 is 10.2 Å². The molecular formula is C17H25N3S2. The predicted octanol–water partition coefficient (Wildman–Crippen LogP) is 4.05. The van der Waals surface area contributed by atoms with Crippen LogP contribution in [0.2, 0.25) is 0 Å². The highest BCUT2D eigenvalue weighted by atomic mass is 32.1. The topological polar surface area (TPSA) is 27.6 Å². The molecule has 0 fully saturated rings. The minimum Gasteiger partial charge on any atom is -0.357 e. The van der Waals surface area contributed by atoms with E-state index in [-0.39, 0.29) is 0 Å². The molecule has 0 spiro atoms. The fraction of sp³-hybridized carbons (Fsp3) is 0.471. The summed E-state index contributed by atoms with van der Waals surface area (Å²) >= 11 is 3.63. The van der Waals surface area contributed by atoms with E-state index in [4.69, 9.17) is 4.99 Å². The summed E-state index contributed by atoms with van der Waals surface area (Å²) < 4.78 is 0. The van der Waals surface area contributed by atoms with E-state index in [0.717, 1.165) is 32.0 Å². The number of nitrogens with zero attached hydrogens (tertiary/aromatic N) is 2. The Kier molecular flexibility index (Phi) is 6.93. The molecule has 2 rings (SSSR count). The number of hydrogen-bond acceptors (Lipinski definition) is 3. The van der Waals surface area contributed by atoms with Crippen molar-refractivity contribution in [3.05, 3.63) is 44.8 Å². The number of thiophene rings is 2. The lowest BCUT2D eigenvalue weighted by atomic mass is 10.1. The van der Waals surface area contributed by atoms with E-state index >= 15 is 0 Å². The largest absolute Gasteiger partial charge is 0.357 e. The average Bonchev–Trinajstić information content (AvgIpc) is 3.21. The maximum absolute atomic E-state index is 4.81. The van der Waals surface area contributed by atoms with Crippen molar-refractivity contribution in [2.45, 2.75) is 26.2 Å². The lowest BCUT2D eigenvalue weighted by molar-refractivity contribution is 0.485. The molecule has 0 aliphatic rings. The Morgan fingerprint density at radius 3 is 2.68 bits per heavy atom. The first-order valence-corrected chi connectivity index (χ1v) is 9.52. The van der Waals surface area contributed by atoms with Crippen LogP contribution in [0.5, 0.6) is 0 Å². The zero-order valence-electron chi connectivity index (χ0n) is 13.6. The summed E-state index contributed by atoms with van der Waals surface area (Å²) in [6.07, 6.45) is 1.07. The molecule has 2 heterocycles. The molecule has 5 heteroatoms. The van der Waals surface area contributed by atoms with Crippen LogP contribution in [0.3, 0.4) is 0 Å². The lowest BCUT2D eigenvalue weighted by Gasteiger charge is -2.22. The number of nitrogens with one attached hydrogen (secondary N) is 1. The van der Waals surface area contributed by atoms with E-state index in [1.165, 1.54) is 9.75 Å². The molecule has 0 saturated heterocycles. The second kappa shape index (κ2) is 8.96. The molecule has 1 atom stereocenters. The van der Waals surface area contributed by atoms with E-state index in [1.54, 1.807) is 0 Å². The first-order valence-electron chi connectivity index (χ1n) is 7.76.